The molecule has 1 rings (SSSR count). The molecule has 0 atom stereocenters. The molecule has 1 saturated carbocycles. The molecule has 1 aliphatic carbocycles. The van der Waals surface area contributed by atoms with Gasteiger partial charge in [0.05, 0.1) is 0 Å². The molecule has 0 saturated heterocycles. The van der Waals surface area contributed by atoms with Crippen LogP contribution in [0.4, 0.5) is 0 Å². The van der Waals surface area contributed by atoms with Crippen LogP contribution >= 0.6 is 0 Å². The van der Waals surface area contributed by atoms with E-state index in [0.717, 1.165) is 12.8 Å². The second-order valence-electron chi connectivity index (χ2n) is 3.83. The van der Waals surface area contributed by atoms with Gasteiger partial charge in [0.15, 0.2) is 0 Å². The van der Waals surface area contributed by atoms with E-state index < -0.39 is 6.85 Å². The first kappa shape index (κ1) is 3.24. The van der Waals surface area contributed by atoms with Crippen LogP contribution in [0.1, 0.15) is 44.6 Å². The Morgan fingerprint density at radius 3 is 1.88 bits per heavy atom. The van der Waals surface area contributed by atoms with E-state index in [1.807, 2.05) is 20.8 Å². The fraction of sp³-hybridized carbons (Fsp3) is 1.00. The smallest absolute Gasteiger partial charge is 0.0236 e. The molecule has 0 nitrogen and oxygen atoms in total. The zero-order valence-electron chi connectivity index (χ0n) is 8.91. The standard InChI is InChI=1S/C8H16/c1-7(2,3)8(4)5-6-8/h5-6H2,1-4H3/i4D3. The summed E-state index contributed by atoms with van der Waals surface area (Å²) in [6.45, 7) is 4.30. The molecule has 0 amide bonds. The third-order valence-electron chi connectivity index (χ3n) is 2.19. The summed E-state index contributed by atoms with van der Waals surface area (Å²) >= 11 is 0. The van der Waals surface area contributed by atoms with Gasteiger partial charge in [0.2, 0.25) is 0 Å². The summed E-state index contributed by atoms with van der Waals surface area (Å²) in [5.74, 6) is 0. The molecule has 0 aromatic heterocycles. The minimum absolute atomic E-state index is 0.0712. The maximum Gasteiger partial charge on any atom is 0.0236 e. The van der Waals surface area contributed by atoms with Crippen molar-refractivity contribution in [1.82, 2.24) is 0 Å². The van der Waals surface area contributed by atoms with Gasteiger partial charge in [-0.2, -0.15) is 0 Å². The van der Waals surface area contributed by atoms with Crippen molar-refractivity contribution in [3.63, 3.8) is 0 Å². The van der Waals surface area contributed by atoms with Gasteiger partial charge in [-0.15, -0.1) is 0 Å². The summed E-state index contributed by atoms with van der Waals surface area (Å²) < 4.78 is 22.2. The first-order valence-corrected chi connectivity index (χ1v) is 3.21. The number of hydrogen-bond acceptors (Lipinski definition) is 0. The van der Waals surface area contributed by atoms with Gasteiger partial charge < -0.3 is 0 Å². The van der Waals surface area contributed by atoms with E-state index in [1.165, 1.54) is 0 Å². The van der Waals surface area contributed by atoms with Gasteiger partial charge in [0.1, 0.15) is 0 Å². The largest absolute Gasteiger partial charge is 0.0597 e. The predicted octanol–water partition coefficient (Wildman–Crippen LogP) is 2.83. The molecule has 0 bridgehead atoms. The van der Waals surface area contributed by atoms with Gasteiger partial charge in [0.25, 0.3) is 0 Å². The number of hydrogen-bond donors (Lipinski definition) is 0. The summed E-state index contributed by atoms with van der Waals surface area (Å²) in [5.41, 5.74) is -0.446. The molecule has 0 radical (unpaired) electrons. The van der Waals surface area contributed by atoms with Crippen molar-refractivity contribution in [2.75, 3.05) is 0 Å². The van der Waals surface area contributed by atoms with E-state index in [0.29, 0.717) is 0 Å². The van der Waals surface area contributed by atoms with Gasteiger partial charge in [-0.25, -0.2) is 0 Å². The molecule has 0 heteroatoms. The van der Waals surface area contributed by atoms with Crippen molar-refractivity contribution in [2.24, 2.45) is 10.8 Å². The molecule has 0 spiro atoms. The Morgan fingerprint density at radius 2 is 1.88 bits per heavy atom. The Hall–Kier alpha value is 0. The van der Waals surface area contributed by atoms with Crippen LogP contribution in [0.5, 0.6) is 0 Å². The van der Waals surface area contributed by atoms with Crippen molar-refractivity contribution in [1.29, 1.82) is 0 Å². The zero-order chi connectivity index (χ0) is 8.91. The highest BCUT2D eigenvalue weighted by Crippen LogP contribution is 2.57. The molecule has 48 valence electrons. The van der Waals surface area contributed by atoms with Crippen LogP contribution in [0, 0.1) is 10.8 Å². The second-order valence-corrected chi connectivity index (χ2v) is 3.83. The van der Waals surface area contributed by atoms with Gasteiger partial charge in [-0.1, -0.05) is 27.6 Å². The molecule has 0 heterocycles. The monoisotopic (exact) mass is 115 g/mol. The van der Waals surface area contributed by atoms with E-state index in [-0.39, 0.29) is 10.8 Å². The van der Waals surface area contributed by atoms with Gasteiger partial charge in [-0.05, 0) is 23.7 Å². The molecule has 8 heavy (non-hydrogen) atoms. The summed E-state index contributed by atoms with van der Waals surface area (Å²) in [4.78, 5) is 0. The topological polar surface area (TPSA) is 0 Å². The summed E-state index contributed by atoms with van der Waals surface area (Å²) in [6, 6.07) is 0. The fourth-order valence-corrected chi connectivity index (χ4v) is 0.875. The third kappa shape index (κ3) is 0.765. The Labute approximate surface area is 56.5 Å². The molecule has 1 aliphatic rings. The van der Waals surface area contributed by atoms with Crippen molar-refractivity contribution in [2.45, 2.75) is 40.5 Å². The highest BCUT2D eigenvalue weighted by molar-refractivity contribution is 4.97. The van der Waals surface area contributed by atoms with E-state index in [2.05, 4.69) is 0 Å². The Balaban J connectivity index is 2.85. The van der Waals surface area contributed by atoms with Crippen LogP contribution < -0.4 is 0 Å². The summed E-state index contributed by atoms with van der Waals surface area (Å²) in [7, 11) is 0. The molecule has 0 aromatic carbocycles. The van der Waals surface area contributed by atoms with Crippen LogP contribution in [0.15, 0.2) is 0 Å². The van der Waals surface area contributed by atoms with Crippen molar-refractivity contribution in [3.05, 3.63) is 0 Å². The first-order valence-electron chi connectivity index (χ1n) is 4.71. The maximum absolute atomic E-state index is 7.39. The first-order chi connectivity index (χ1) is 4.71. The van der Waals surface area contributed by atoms with Crippen LogP contribution in [-0.4, -0.2) is 0 Å². The lowest BCUT2D eigenvalue weighted by atomic mass is 9.79. The second kappa shape index (κ2) is 1.29. The highest BCUT2D eigenvalue weighted by Gasteiger charge is 2.46. The van der Waals surface area contributed by atoms with Crippen LogP contribution in [0.2, 0.25) is 0 Å². The molecule has 0 N–H and O–H groups in total. The van der Waals surface area contributed by atoms with Crippen molar-refractivity contribution < 1.29 is 4.11 Å². The van der Waals surface area contributed by atoms with Crippen LogP contribution in [-0.2, 0) is 0 Å². The Bertz CT molecular complexity index is 141. The third-order valence-corrected chi connectivity index (χ3v) is 2.19. The summed E-state index contributed by atoms with van der Waals surface area (Å²) in [6.07, 6.45) is 1.74. The van der Waals surface area contributed by atoms with Crippen LogP contribution in [0.3, 0.4) is 0 Å². The summed E-state index contributed by atoms with van der Waals surface area (Å²) in [5, 5.41) is 0. The van der Waals surface area contributed by atoms with E-state index >= 15 is 0 Å². The SMILES string of the molecule is [2H]C([2H])([2H])C1(C(C)(C)C)CC1. The lowest BCUT2D eigenvalue weighted by Gasteiger charge is -2.26. The highest BCUT2D eigenvalue weighted by atomic mass is 14.5. The minimum atomic E-state index is -1.76. The Morgan fingerprint density at radius 1 is 1.38 bits per heavy atom. The van der Waals surface area contributed by atoms with Crippen LogP contribution in [0.25, 0.3) is 0 Å². The normalized spacial score (nSPS) is 32.6. The lowest BCUT2D eigenvalue weighted by Crippen LogP contribution is -2.17. The van der Waals surface area contributed by atoms with Crippen molar-refractivity contribution in [3.8, 4) is 0 Å². The van der Waals surface area contributed by atoms with Gasteiger partial charge in [-0.3, -0.25) is 0 Å². The minimum Gasteiger partial charge on any atom is -0.0597 e. The number of rotatable bonds is 0. The average Bonchev–Trinajstić information content (AvgIpc) is 2.31. The molecule has 0 aliphatic heterocycles. The molecule has 1 fully saturated rings. The maximum atomic E-state index is 7.39. The molecule has 0 aromatic rings. The Kier molecular flexibility index (Phi) is 0.521. The molecular formula is C8H16. The quantitative estimate of drug-likeness (QED) is 0.455. The lowest BCUT2D eigenvalue weighted by molar-refractivity contribution is 0.237. The zero-order valence-corrected chi connectivity index (χ0v) is 5.91. The fourth-order valence-electron chi connectivity index (χ4n) is 0.875. The molecular weight excluding hydrogens is 96.1 g/mol. The van der Waals surface area contributed by atoms with Crippen molar-refractivity contribution >= 4 is 0 Å². The van der Waals surface area contributed by atoms with E-state index in [4.69, 9.17) is 4.11 Å². The predicted molar refractivity (Wildman–Crippen MR) is 36.8 cm³/mol. The average molecular weight is 115 g/mol. The van der Waals surface area contributed by atoms with Gasteiger partial charge >= 0.3 is 0 Å². The van der Waals surface area contributed by atoms with Gasteiger partial charge in [0, 0.05) is 4.11 Å². The van der Waals surface area contributed by atoms with E-state index in [9.17, 15) is 0 Å². The molecule has 0 unspecified atom stereocenters. The van der Waals surface area contributed by atoms with E-state index in [1.54, 1.807) is 0 Å².